The molecule has 25 heavy (non-hydrogen) atoms. The first-order chi connectivity index (χ1) is 11.7. The Morgan fingerprint density at radius 2 is 1.80 bits per heavy atom. The van der Waals surface area contributed by atoms with Crippen LogP contribution in [-0.4, -0.2) is 10.5 Å². The minimum atomic E-state index is -0.123. The van der Waals surface area contributed by atoms with E-state index in [4.69, 9.17) is 0 Å². The van der Waals surface area contributed by atoms with Crippen LogP contribution in [0.25, 0.3) is 0 Å². The summed E-state index contributed by atoms with van der Waals surface area (Å²) >= 11 is 1.67. The standard InChI is InChI=1S/C21H28N2OS/c1-13-8-7-9-14(2)17(13)19(24)22-20-23(12-16-10-11-16)15(3)18(25-20)21(4,5)6/h7-9,16H,10-12H2,1-6H3/b22-20-. The fraction of sp³-hybridized carbons (Fsp3) is 0.524. The van der Waals surface area contributed by atoms with E-state index in [2.05, 4.69) is 37.3 Å². The third kappa shape index (κ3) is 3.79. The number of nitrogens with zero attached hydrogens (tertiary/aromatic N) is 2. The first-order valence-electron chi connectivity index (χ1n) is 9.04. The average Bonchev–Trinajstić information content (AvgIpc) is 3.25. The Morgan fingerprint density at radius 3 is 2.32 bits per heavy atom. The summed E-state index contributed by atoms with van der Waals surface area (Å²) in [6, 6.07) is 5.95. The minimum absolute atomic E-state index is 0.0649. The average molecular weight is 357 g/mol. The van der Waals surface area contributed by atoms with E-state index in [1.54, 1.807) is 11.3 Å². The molecule has 1 fully saturated rings. The number of benzene rings is 1. The molecule has 1 amide bonds. The molecule has 0 unspecified atom stereocenters. The van der Waals surface area contributed by atoms with E-state index in [9.17, 15) is 4.79 Å². The van der Waals surface area contributed by atoms with Crippen molar-refractivity contribution in [3.8, 4) is 0 Å². The summed E-state index contributed by atoms with van der Waals surface area (Å²) in [4.78, 5) is 19.6. The maximum atomic E-state index is 12.9. The van der Waals surface area contributed by atoms with Crippen molar-refractivity contribution in [3.63, 3.8) is 0 Å². The second-order valence-corrected chi connectivity index (χ2v) is 9.26. The van der Waals surface area contributed by atoms with Gasteiger partial charge in [0.15, 0.2) is 4.80 Å². The van der Waals surface area contributed by atoms with E-state index < -0.39 is 0 Å². The number of rotatable bonds is 3. The molecule has 1 aromatic heterocycles. The summed E-state index contributed by atoms with van der Waals surface area (Å²) in [5.41, 5.74) is 4.05. The van der Waals surface area contributed by atoms with E-state index in [1.807, 2.05) is 32.0 Å². The summed E-state index contributed by atoms with van der Waals surface area (Å²) in [5.74, 6) is 0.622. The zero-order valence-electron chi connectivity index (χ0n) is 16.1. The van der Waals surface area contributed by atoms with Crippen LogP contribution >= 0.6 is 11.3 Å². The first-order valence-corrected chi connectivity index (χ1v) is 9.86. The third-order valence-electron chi connectivity index (χ3n) is 4.87. The predicted octanol–water partition coefficient (Wildman–Crippen LogP) is 4.92. The highest BCUT2D eigenvalue weighted by Crippen LogP contribution is 2.33. The van der Waals surface area contributed by atoms with Gasteiger partial charge < -0.3 is 4.57 Å². The molecule has 1 heterocycles. The molecule has 2 aromatic rings. The number of carbonyl (C=O) groups is 1. The molecule has 0 aliphatic heterocycles. The summed E-state index contributed by atoms with van der Waals surface area (Å²) < 4.78 is 2.27. The summed E-state index contributed by atoms with van der Waals surface area (Å²) in [6.45, 7) is 13.8. The van der Waals surface area contributed by atoms with Crippen molar-refractivity contribution in [1.29, 1.82) is 0 Å². The highest BCUT2D eigenvalue weighted by Gasteiger charge is 2.27. The normalized spacial score (nSPS) is 15.7. The van der Waals surface area contributed by atoms with Gasteiger partial charge in [0.05, 0.1) is 0 Å². The first kappa shape index (κ1) is 18.1. The van der Waals surface area contributed by atoms with E-state index in [-0.39, 0.29) is 11.3 Å². The third-order valence-corrected chi connectivity index (χ3v) is 6.47. The zero-order valence-corrected chi connectivity index (χ0v) is 17.0. The van der Waals surface area contributed by atoms with Crippen LogP contribution in [0, 0.1) is 26.7 Å². The molecule has 0 bridgehead atoms. The Bertz CT molecular complexity index is 856. The van der Waals surface area contributed by atoms with Crippen LogP contribution in [-0.2, 0) is 12.0 Å². The Labute approximate surface area is 154 Å². The molecule has 4 heteroatoms. The van der Waals surface area contributed by atoms with E-state index in [1.165, 1.54) is 23.4 Å². The molecular formula is C21H28N2OS. The van der Waals surface area contributed by atoms with Crippen molar-refractivity contribution in [3.05, 3.63) is 50.3 Å². The van der Waals surface area contributed by atoms with Gasteiger partial charge in [-0.15, -0.1) is 11.3 Å². The smallest absolute Gasteiger partial charge is 0.280 e. The molecule has 1 saturated carbocycles. The van der Waals surface area contributed by atoms with Crippen LogP contribution in [0.2, 0.25) is 0 Å². The highest BCUT2D eigenvalue weighted by molar-refractivity contribution is 7.09. The van der Waals surface area contributed by atoms with Crippen LogP contribution in [0.3, 0.4) is 0 Å². The van der Waals surface area contributed by atoms with Crippen LogP contribution in [0.4, 0.5) is 0 Å². The van der Waals surface area contributed by atoms with Gasteiger partial charge in [0.2, 0.25) is 0 Å². The highest BCUT2D eigenvalue weighted by atomic mass is 32.1. The maximum absolute atomic E-state index is 12.9. The number of thiazole rings is 1. The second-order valence-electron chi connectivity index (χ2n) is 8.29. The van der Waals surface area contributed by atoms with Gasteiger partial charge in [0.1, 0.15) is 0 Å². The molecule has 0 N–H and O–H groups in total. The Morgan fingerprint density at radius 1 is 1.20 bits per heavy atom. The largest absolute Gasteiger partial charge is 0.320 e. The number of hydrogen-bond acceptors (Lipinski definition) is 2. The van der Waals surface area contributed by atoms with Crippen molar-refractivity contribution in [2.45, 2.75) is 66.3 Å². The van der Waals surface area contributed by atoms with E-state index in [0.717, 1.165) is 34.0 Å². The molecule has 1 aliphatic rings. The fourth-order valence-corrected chi connectivity index (χ4v) is 4.53. The minimum Gasteiger partial charge on any atom is -0.320 e. The Balaban J connectivity index is 2.11. The zero-order chi connectivity index (χ0) is 18.4. The molecule has 134 valence electrons. The van der Waals surface area contributed by atoms with Crippen molar-refractivity contribution in [2.24, 2.45) is 10.9 Å². The molecule has 0 saturated heterocycles. The molecular weight excluding hydrogens is 328 g/mol. The monoisotopic (exact) mass is 356 g/mol. The topological polar surface area (TPSA) is 34.4 Å². The van der Waals surface area contributed by atoms with Crippen LogP contribution in [0.1, 0.15) is 65.7 Å². The lowest BCUT2D eigenvalue weighted by molar-refractivity contribution is 0.0996. The molecule has 0 spiro atoms. The fourth-order valence-electron chi connectivity index (χ4n) is 3.33. The Kier molecular flexibility index (Phi) is 4.76. The number of carbonyl (C=O) groups excluding carboxylic acids is 1. The van der Waals surface area contributed by atoms with Crippen LogP contribution < -0.4 is 4.80 Å². The van der Waals surface area contributed by atoms with E-state index >= 15 is 0 Å². The second kappa shape index (κ2) is 6.56. The van der Waals surface area contributed by atoms with Crippen molar-refractivity contribution in [2.75, 3.05) is 0 Å². The summed E-state index contributed by atoms with van der Waals surface area (Å²) in [5, 5.41) is 0. The molecule has 0 atom stereocenters. The molecule has 1 aliphatic carbocycles. The van der Waals surface area contributed by atoms with Gasteiger partial charge >= 0.3 is 0 Å². The number of aromatic nitrogens is 1. The summed E-state index contributed by atoms with van der Waals surface area (Å²) in [6.07, 6.45) is 2.58. The van der Waals surface area contributed by atoms with Gasteiger partial charge in [0.25, 0.3) is 5.91 Å². The van der Waals surface area contributed by atoms with Gasteiger partial charge in [-0.3, -0.25) is 4.79 Å². The van der Waals surface area contributed by atoms with Gasteiger partial charge in [-0.05, 0) is 56.1 Å². The maximum Gasteiger partial charge on any atom is 0.280 e. The molecule has 3 rings (SSSR count). The Hall–Kier alpha value is -1.68. The molecule has 1 aromatic carbocycles. The lowest BCUT2D eigenvalue weighted by Crippen LogP contribution is -2.20. The van der Waals surface area contributed by atoms with E-state index in [0.29, 0.717) is 0 Å². The van der Waals surface area contributed by atoms with Gasteiger partial charge in [-0.25, -0.2) is 0 Å². The number of aryl methyl sites for hydroxylation is 2. The lowest BCUT2D eigenvalue weighted by Gasteiger charge is -2.17. The van der Waals surface area contributed by atoms with Gasteiger partial charge in [-0.1, -0.05) is 39.0 Å². The van der Waals surface area contributed by atoms with Crippen molar-refractivity contribution in [1.82, 2.24) is 4.57 Å². The summed E-state index contributed by atoms with van der Waals surface area (Å²) in [7, 11) is 0. The number of hydrogen-bond donors (Lipinski definition) is 0. The molecule has 3 nitrogen and oxygen atoms in total. The SMILES string of the molecule is Cc1cccc(C)c1C(=O)/N=c1\sc(C(C)(C)C)c(C)n1CC1CC1. The predicted molar refractivity (Wildman–Crippen MR) is 104 cm³/mol. The van der Waals surface area contributed by atoms with Crippen molar-refractivity contribution < 1.29 is 4.79 Å². The van der Waals surface area contributed by atoms with Gasteiger partial charge in [0, 0.05) is 22.7 Å². The lowest BCUT2D eigenvalue weighted by atomic mass is 9.93. The quantitative estimate of drug-likeness (QED) is 0.768. The number of amides is 1. The molecule has 0 radical (unpaired) electrons. The van der Waals surface area contributed by atoms with Gasteiger partial charge in [-0.2, -0.15) is 4.99 Å². The van der Waals surface area contributed by atoms with Crippen molar-refractivity contribution >= 4 is 17.2 Å². The van der Waals surface area contributed by atoms with Crippen LogP contribution in [0.5, 0.6) is 0 Å². The van der Waals surface area contributed by atoms with Crippen LogP contribution in [0.15, 0.2) is 23.2 Å².